The first-order valence-electron chi connectivity index (χ1n) is 13.4. The Balaban J connectivity index is 1.69. The number of para-hydroxylation sites is 1. The van der Waals surface area contributed by atoms with E-state index in [0.717, 1.165) is 47.9 Å². The number of thioether (sulfide) groups is 1. The van der Waals surface area contributed by atoms with Crippen LogP contribution >= 0.6 is 11.8 Å². The van der Waals surface area contributed by atoms with Crippen molar-refractivity contribution in [1.82, 2.24) is 0 Å². The number of allylic oxidation sites excluding steroid dienone is 1. The molecular formula is C32H37N4OS+. The molecule has 2 heterocycles. The van der Waals surface area contributed by atoms with Gasteiger partial charge >= 0.3 is 5.96 Å². The van der Waals surface area contributed by atoms with Crippen molar-refractivity contribution < 1.29 is 9.37 Å². The van der Waals surface area contributed by atoms with Crippen molar-refractivity contribution in [2.45, 2.75) is 40.0 Å². The van der Waals surface area contributed by atoms with Gasteiger partial charge in [0.25, 0.3) is 0 Å². The smallest absolute Gasteiger partial charge is 0.353 e. The molecule has 0 radical (unpaired) electrons. The van der Waals surface area contributed by atoms with Crippen LogP contribution in [0.25, 0.3) is 0 Å². The van der Waals surface area contributed by atoms with Crippen LogP contribution in [-0.4, -0.2) is 35.3 Å². The Labute approximate surface area is 230 Å². The zero-order valence-corrected chi connectivity index (χ0v) is 23.5. The third kappa shape index (κ3) is 5.10. The van der Waals surface area contributed by atoms with E-state index in [4.69, 9.17) is 5.73 Å². The number of nitrogens with one attached hydrogen (secondary N) is 1. The van der Waals surface area contributed by atoms with E-state index >= 15 is 0 Å². The Bertz CT molecular complexity index is 1390. The molecule has 0 spiro atoms. The second-order valence-corrected chi connectivity index (χ2v) is 11.8. The number of hydrogen-bond acceptors (Lipinski definition) is 3. The standard InChI is InChI=1S/C32H36N4OS/c1-5-35(6-2)24-18-16-22(17-19-24)28-25-14-10-11-15-26(25)30(37)38-29-27(28)20-32(3,4)21-36(29)31(33)34-23-12-8-7-9-13-23/h7-19,28H,5-6,20-21H2,1-4H3,(H2,33,34)/p+1/t28-/m0/s1. The van der Waals surface area contributed by atoms with Gasteiger partial charge in [0.05, 0.1) is 12.2 Å². The molecule has 0 unspecified atom stereocenters. The first-order valence-corrected chi connectivity index (χ1v) is 14.2. The molecule has 2 aliphatic rings. The summed E-state index contributed by atoms with van der Waals surface area (Å²) < 4.78 is 2.12. The number of rotatable bonds is 5. The van der Waals surface area contributed by atoms with Crippen molar-refractivity contribution in [1.29, 1.82) is 0 Å². The van der Waals surface area contributed by atoms with Crippen molar-refractivity contribution in [3.8, 4) is 0 Å². The molecule has 0 aliphatic carbocycles. The van der Waals surface area contributed by atoms with Crippen molar-refractivity contribution in [3.05, 3.63) is 106 Å². The number of hydrogen-bond donors (Lipinski definition) is 2. The Morgan fingerprint density at radius 3 is 2.34 bits per heavy atom. The van der Waals surface area contributed by atoms with Crippen LogP contribution in [0.3, 0.4) is 0 Å². The Kier molecular flexibility index (Phi) is 7.35. The average Bonchev–Trinajstić information content (AvgIpc) is 3.03. The summed E-state index contributed by atoms with van der Waals surface area (Å²) in [5, 5.41) is 4.39. The highest BCUT2D eigenvalue weighted by atomic mass is 32.2. The van der Waals surface area contributed by atoms with Crippen LogP contribution < -0.4 is 16.0 Å². The molecular weight excluding hydrogens is 488 g/mol. The lowest BCUT2D eigenvalue weighted by Gasteiger charge is -2.36. The SMILES string of the molecule is CCN(CC)c1ccc([C@@H]2C3=C(SC(=O)c4ccccc42)[N+](=C(N)Nc2ccccc2)CC(C)(C)C3)cc1. The Hall–Kier alpha value is -3.51. The number of guanidine groups is 1. The lowest BCUT2D eigenvalue weighted by molar-refractivity contribution is -0.488. The van der Waals surface area contributed by atoms with E-state index in [9.17, 15) is 4.79 Å². The molecule has 0 amide bonds. The first kappa shape index (κ1) is 26.1. The van der Waals surface area contributed by atoms with Gasteiger partial charge in [-0.1, -0.05) is 68.4 Å². The van der Waals surface area contributed by atoms with Crippen LogP contribution in [-0.2, 0) is 0 Å². The highest BCUT2D eigenvalue weighted by Gasteiger charge is 2.42. The third-order valence-electron chi connectivity index (χ3n) is 7.50. The van der Waals surface area contributed by atoms with E-state index < -0.39 is 0 Å². The van der Waals surface area contributed by atoms with Gasteiger partial charge in [0.1, 0.15) is 5.03 Å². The molecule has 0 aromatic heterocycles. The lowest BCUT2D eigenvalue weighted by Crippen LogP contribution is -2.42. The van der Waals surface area contributed by atoms with E-state index in [0.29, 0.717) is 5.96 Å². The van der Waals surface area contributed by atoms with E-state index in [2.05, 4.69) is 72.8 Å². The number of nitrogens with zero attached hydrogens (tertiary/aromatic N) is 2. The van der Waals surface area contributed by atoms with Crippen molar-refractivity contribution in [2.75, 3.05) is 29.9 Å². The predicted molar refractivity (Wildman–Crippen MR) is 160 cm³/mol. The summed E-state index contributed by atoms with van der Waals surface area (Å²) in [7, 11) is 0. The van der Waals surface area contributed by atoms with Crippen LogP contribution in [0.2, 0.25) is 0 Å². The van der Waals surface area contributed by atoms with Gasteiger partial charge in [-0.25, -0.2) is 9.89 Å². The number of carbonyl (C=O) groups is 1. The quantitative estimate of drug-likeness (QED) is 0.289. The zero-order valence-electron chi connectivity index (χ0n) is 22.7. The largest absolute Gasteiger partial charge is 0.372 e. The minimum atomic E-state index is -0.0376. The van der Waals surface area contributed by atoms with Gasteiger partial charge in [0.2, 0.25) is 5.12 Å². The zero-order chi connectivity index (χ0) is 26.9. The molecule has 0 saturated carbocycles. The molecule has 38 heavy (non-hydrogen) atoms. The van der Waals surface area contributed by atoms with Crippen molar-refractivity contribution in [2.24, 2.45) is 11.1 Å². The summed E-state index contributed by atoms with van der Waals surface area (Å²) in [4.78, 5) is 16.0. The minimum Gasteiger partial charge on any atom is -0.372 e. The average molecular weight is 526 g/mol. The van der Waals surface area contributed by atoms with Gasteiger partial charge in [-0.2, -0.15) is 0 Å². The molecule has 0 saturated heterocycles. The third-order valence-corrected chi connectivity index (χ3v) is 8.58. The van der Waals surface area contributed by atoms with Gasteiger partial charge in [-0.15, -0.1) is 0 Å². The molecule has 1 atom stereocenters. The molecule has 2 aliphatic heterocycles. The number of anilines is 2. The van der Waals surface area contributed by atoms with Crippen molar-refractivity contribution in [3.63, 3.8) is 0 Å². The minimum absolute atomic E-state index is 0.0301. The lowest BCUT2D eigenvalue weighted by atomic mass is 9.74. The molecule has 5 rings (SSSR count). The highest BCUT2D eigenvalue weighted by molar-refractivity contribution is 8.17. The fraction of sp³-hybridized carbons (Fsp3) is 0.312. The highest BCUT2D eigenvalue weighted by Crippen LogP contribution is 2.50. The van der Waals surface area contributed by atoms with Crippen LogP contribution in [0, 0.1) is 5.41 Å². The molecule has 0 fully saturated rings. The summed E-state index contributed by atoms with van der Waals surface area (Å²) in [6.07, 6.45) is 0.883. The molecule has 3 N–H and O–H groups in total. The summed E-state index contributed by atoms with van der Waals surface area (Å²) in [6.45, 7) is 11.6. The number of carbonyl (C=O) groups excluding carboxylic acids is 1. The number of fused-ring (bicyclic) bond motifs is 1. The first-order chi connectivity index (χ1) is 18.3. The van der Waals surface area contributed by atoms with Crippen LogP contribution in [0.15, 0.2) is 89.5 Å². The van der Waals surface area contributed by atoms with Gasteiger partial charge in [0.15, 0.2) is 0 Å². The fourth-order valence-electron chi connectivity index (χ4n) is 5.71. The van der Waals surface area contributed by atoms with Crippen LogP contribution in [0.4, 0.5) is 11.4 Å². The molecule has 0 bridgehead atoms. The second-order valence-electron chi connectivity index (χ2n) is 10.8. The van der Waals surface area contributed by atoms with Crippen molar-refractivity contribution >= 4 is 34.2 Å². The van der Waals surface area contributed by atoms with Gasteiger partial charge in [-0.05, 0) is 78.4 Å². The Morgan fingerprint density at radius 1 is 1.00 bits per heavy atom. The molecule has 196 valence electrons. The van der Waals surface area contributed by atoms with Gasteiger partial charge < -0.3 is 4.90 Å². The van der Waals surface area contributed by atoms with E-state index in [-0.39, 0.29) is 16.4 Å². The maximum Gasteiger partial charge on any atom is 0.353 e. The summed E-state index contributed by atoms with van der Waals surface area (Å²) in [6, 6.07) is 26.9. The van der Waals surface area contributed by atoms with Gasteiger partial charge in [-0.3, -0.25) is 10.5 Å². The molecule has 3 aromatic rings. The van der Waals surface area contributed by atoms with Crippen LogP contribution in [0.1, 0.15) is 61.5 Å². The van der Waals surface area contributed by atoms with E-state index in [1.165, 1.54) is 28.6 Å². The van der Waals surface area contributed by atoms with Crippen LogP contribution in [0.5, 0.6) is 0 Å². The van der Waals surface area contributed by atoms with Gasteiger partial charge in [0, 0.05) is 30.3 Å². The predicted octanol–water partition coefficient (Wildman–Crippen LogP) is 6.63. The summed E-state index contributed by atoms with van der Waals surface area (Å²) in [5.74, 6) is 0.510. The fourth-order valence-corrected chi connectivity index (χ4v) is 6.78. The molecule has 6 heteroatoms. The normalized spacial score (nSPS) is 19.8. The molecule has 3 aromatic carbocycles. The maximum absolute atomic E-state index is 13.7. The monoisotopic (exact) mass is 525 g/mol. The second kappa shape index (κ2) is 10.7. The van der Waals surface area contributed by atoms with E-state index in [1.807, 2.05) is 48.5 Å². The summed E-state index contributed by atoms with van der Waals surface area (Å²) in [5.41, 5.74) is 13.1. The van der Waals surface area contributed by atoms with E-state index in [1.54, 1.807) is 0 Å². The number of benzene rings is 3. The number of nitrogens with two attached hydrogens (primary N) is 1. The molecule has 5 nitrogen and oxygen atoms in total. The maximum atomic E-state index is 13.7. The topological polar surface area (TPSA) is 61.4 Å². The summed E-state index contributed by atoms with van der Waals surface area (Å²) >= 11 is 1.31. The Morgan fingerprint density at radius 2 is 1.66 bits per heavy atom.